The molecule has 0 saturated carbocycles. The van der Waals surface area contributed by atoms with Gasteiger partial charge in [0.2, 0.25) is 0 Å². The van der Waals surface area contributed by atoms with E-state index in [2.05, 4.69) is 101 Å². The third kappa shape index (κ3) is 3.13. The maximum atomic E-state index is 4.77. The van der Waals surface area contributed by atoms with Crippen LogP contribution in [0.15, 0.2) is 65.3 Å². The van der Waals surface area contributed by atoms with E-state index in [0.717, 1.165) is 5.69 Å². The van der Waals surface area contributed by atoms with Crippen LogP contribution in [0.3, 0.4) is 0 Å². The van der Waals surface area contributed by atoms with Crippen molar-refractivity contribution in [2.45, 2.75) is 45.4 Å². The van der Waals surface area contributed by atoms with Gasteiger partial charge in [0.1, 0.15) is 0 Å². The third-order valence-corrected chi connectivity index (χ3v) is 5.10. The smallest absolute Gasteiger partial charge is 0.0666 e. The fourth-order valence-corrected chi connectivity index (χ4v) is 3.71. The Bertz CT molecular complexity index is 835. The predicted octanol–water partition coefficient (Wildman–Crippen LogP) is 6.00. The van der Waals surface area contributed by atoms with Crippen LogP contribution in [0, 0.1) is 0 Å². The van der Waals surface area contributed by atoms with E-state index in [0.29, 0.717) is 0 Å². The Labute approximate surface area is 151 Å². The summed E-state index contributed by atoms with van der Waals surface area (Å²) in [4.78, 5) is 7.05. The Balaban J connectivity index is 1.95. The molecule has 2 nitrogen and oxygen atoms in total. The van der Waals surface area contributed by atoms with Crippen LogP contribution in [-0.4, -0.2) is 13.3 Å². The number of aliphatic imine (C=N–C) groups is 1. The van der Waals surface area contributed by atoms with Gasteiger partial charge in [-0.15, -0.1) is 0 Å². The zero-order valence-electron chi connectivity index (χ0n) is 16.2. The average Bonchev–Trinajstić information content (AvgIpc) is 2.75. The summed E-state index contributed by atoms with van der Waals surface area (Å²) in [6.45, 7) is 11.2. The van der Waals surface area contributed by atoms with E-state index >= 15 is 0 Å². The fraction of sp³-hybridized carbons (Fsp3) is 0.348. The molecule has 0 aromatic heterocycles. The number of hydrogen-bond donors (Lipinski definition) is 0. The second kappa shape index (κ2) is 6.18. The van der Waals surface area contributed by atoms with Crippen molar-refractivity contribution < 1.29 is 0 Å². The van der Waals surface area contributed by atoms with E-state index in [1.165, 1.54) is 22.5 Å². The molecule has 0 N–H and O–H groups in total. The molecule has 0 radical (unpaired) electrons. The van der Waals surface area contributed by atoms with Crippen molar-refractivity contribution in [3.8, 4) is 0 Å². The molecule has 0 fully saturated rings. The summed E-state index contributed by atoms with van der Waals surface area (Å²) in [7, 11) is 2.14. The van der Waals surface area contributed by atoms with Crippen LogP contribution in [0.4, 0.5) is 11.4 Å². The Morgan fingerprint density at radius 3 is 2.28 bits per heavy atom. The summed E-state index contributed by atoms with van der Waals surface area (Å²) in [5.41, 5.74) is 6.30. The average molecular weight is 332 g/mol. The Kier molecular flexibility index (Phi) is 4.32. The molecule has 1 aliphatic heterocycles. The molecule has 2 heteroatoms. The summed E-state index contributed by atoms with van der Waals surface area (Å²) >= 11 is 0. The van der Waals surface area contributed by atoms with Gasteiger partial charge < -0.3 is 4.90 Å². The largest absolute Gasteiger partial charge is 0.347 e. The van der Waals surface area contributed by atoms with Crippen molar-refractivity contribution in [1.29, 1.82) is 0 Å². The molecule has 0 atom stereocenters. The highest BCUT2D eigenvalue weighted by molar-refractivity contribution is 5.81. The molecule has 25 heavy (non-hydrogen) atoms. The van der Waals surface area contributed by atoms with Crippen molar-refractivity contribution in [3.63, 3.8) is 0 Å². The van der Waals surface area contributed by atoms with E-state index < -0.39 is 0 Å². The van der Waals surface area contributed by atoms with E-state index in [-0.39, 0.29) is 10.8 Å². The highest BCUT2D eigenvalue weighted by atomic mass is 15.2. The summed E-state index contributed by atoms with van der Waals surface area (Å²) in [5, 5.41) is 0. The number of likely N-dealkylation sites (N-methyl/N-ethyl adjacent to an activating group) is 1. The molecule has 0 unspecified atom stereocenters. The quantitative estimate of drug-likeness (QED) is 0.616. The van der Waals surface area contributed by atoms with Crippen LogP contribution < -0.4 is 4.90 Å². The van der Waals surface area contributed by atoms with Gasteiger partial charge in [-0.1, -0.05) is 71.0 Å². The minimum atomic E-state index is -0.0130. The molecule has 2 aromatic carbocycles. The first kappa shape index (κ1) is 17.5. The number of fused-ring (bicyclic) bond motifs is 1. The summed E-state index contributed by atoms with van der Waals surface area (Å²) in [6.07, 6.45) is 4.10. The number of anilines is 1. The molecule has 0 bridgehead atoms. The SMILES string of the molecule is CN1/C(=C/C=Nc2ccccc2C(C)(C)C)C(C)(C)c2ccccc21. The molecule has 0 amide bonds. The van der Waals surface area contributed by atoms with Gasteiger partial charge >= 0.3 is 0 Å². The molecular formula is C23H28N2. The van der Waals surface area contributed by atoms with E-state index in [4.69, 9.17) is 4.99 Å². The molecule has 0 aliphatic carbocycles. The zero-order chi connectivity index (χ0) is 18.2. The molecule has 1 heterocycles. The maximum Gasteiger partial charge on any atom is 0.0666 e. The van der Waals surface area contributed by atoms with Gasteiger partial charge in [0.25, 0.3) is 0 Å². The number of para-hydroxylation sites is 2. The molecule has 3 rings (SSSR count). The molecule has 0 saturated heterocycles. The molecule has 2 aromatic rings. The predicted molar refractivity (Wildman–Crippen MR) is 109 cm³/mol. The molecule has 1 aliphatic rings. The lowest BCUT2D eigenvalue weighted by Gasteiger charge is -2.23. The Morgan fingerprint density at radius 1 is 0.960 bits per heavy atom. The lowest BCUT2D eigenvalue weighted by Crippen LogP contribution is -2.23. The van der Waals surface area contributed by atoms with Crippen molar-refractivity contribution in [1.82, 2.24) is 0 Å². The normalized spacial score (nSPS) is 18.2. The van der Waals surface area contributed by atoms with Gasteiger partial charge in [-0.05, 0) is 34.8 Å². The number of allylic oxidation sites excluding steroid dienone is 2. The number of benzene rings is 2. The molecule has 0 spiro atoms. The number of nitrogens with zero attached hydrogens (tertiary/aromatic N) is 2. The summed E-state index contributed by atoms with van der Waals surface area (Å²) in [5.74, 6) is 0. The first-order chi connectivity index (χ1) is 11.7. The van der Waals surface area contributed by atoms with Crippen molar-refractivity contribution in [3.05, 3.63) is 71.4 Å². The van der Waals surface area contributed by atoms with Crippen LogP contribution in [0.2, 0.25) is 0 Å². The monoisotopic (exact) mass is 332 g/mol. The Morgan fingerprint density at radius 2 is 1.60 bits per heavy atom. The van der Waals surface area contributed by atoms with Crippen molar-refractivity contribution in [2.75, 3.05) is 11.9 Å². The Hall–Kier alpha value is -2.35. The van der Waals surface area contributed by atoms with Gasteiger partial charge in [0.15, 0.2) is 0 Å². The highest BCUT2D eigenvalue weighted by Gasteiger charge is 2.37. The lowest BCUT2D eigenvalue weighted by molar-refractivity contribution is 0.591. The third-order valence-electron chi connectivity index (χ3n) is 5.10. The summed E-state index contributed by atoms with van der Waals surface area (Å²) < 4.78 is 0. The first-order valence-corrected chi connectivity index (χ1v) is 8.90. The van der Waals surface area contributed by atoms with Gasteiger partial charge in [-0.25, -0.2) is 0 Å². The molecular weight excluding hydrogens is 304 g/mol. The standard InChI is InChI=1S/C23H28N2/c1-22(2,3)17-11-7-9-13-19(17)24-16-15-21-23(4,5)18-12-8-10-14-20(18)25(21)6/h7-16H,1-6H3/b21-15+,24-16?. The van der Waals surface area contributed by atoms with E-state index in [1.54, 1.807) is 0 Å². The lowest BCUT2D eigenvalue weighted by atomic mass is 9.84. The van der Waals surface area contributed by atoms with Crippen LogP contribution in [-0.2, 0) is 10.8 Å². The van der Waals surface area contributed by atoms with Crippen molar-refractivity contribution in [2.24, 2.45) is 4.99 Å². The zero-order valence-corrected chi connectivity index (χ0v) is 16.2. The minimum absolute atomic E-state index is 0.0130. The van der Waals surface area contributed by atoms with Crippen LogP contribution in [0.5, 0.6) is 0 Å². The highest BCUT2D eigenvalue weighted by Crippen LogP contribution is 2.46. The van der Waals surface area contributed by atoms with Gasteiger partial charge in [0, 0.05) is 30.1 Å². The van der Waals surface area contributed by atoms with Crippen molar-refractivity contribution >= 4 is 17.6 Å². The van der Waals surface area contributed by atoms with Gasteiger partial charge in [-0.2, -0.15) is 0 Å². The summed E-state index contributed by atoms with van der Waals surface area (Å²) in [6, 6.07) is 17.0. The van der Waals surface area contributed by atoms with Crippen LogP contribution in [0.25, 0.3) is 0 Å². The van der Waals surface area contributed by atoms with Gasteiger partial charge in [0.05, 0.1) is 5.69 Å². The minimum Gasteiger partial charge on any atom is -0.347 e. The second-order valence-corrected chi connectivity index (χ2v) is 8.30. The first-order valence-electron chi connectivity index (χ1n) is 8.90. The van der Waals surface area contributed by atoms with Crippen LogP contribution >= 0.6 is 0 Å². The van der Waals surface area contributed by atoms with E-state index in [1.807, 2.05) is 6.21 Å². The molecule has 130 valence electrons. The van der Waals surface area contributed by atoms with Gasteiger partial charge in [-0.3, -0.25) is 4.99 Å². The maximum absolute atomic E-state index is 4.77. The number of hydrogen-bond acceptors (Lipinski definition) is 2. The van der Waals surface area contributed by atoms with Crippen LogP contribution in [0.1, 0.15) is 45.7 Å². The number of rotatable bonds is 2. The van der Waals surface area contributed by atoms with E-state index in [9.17, 15) is 0 Å². The fourth-order valence-electron chi connectivity index (χ4n) is 3.71. The second-order valence-electron chi connectivity index (χ2n) is 8.30. The topological polar surface area (TPSA) is 15.6 Å².